The van der Waals surface area contributed by atoms with E-state index in [4.69, 9.17) is 0 Å². The Morgan fingerprint density at radius 1 is 1.43 bits per heavy atom. The summed E-state index contributed by atoms with van der Waals surface area (Å²) in [6, 6.07) is 6.45. The first kappa shape index (κ1) is 14.2. The molecule has 1 N–H and O–H groups in total. The topological polar surface area (TPSA) is 50.2 Å². The summed E-state index contributed by atoms with van der Waals surface area (Å²) >= 11 is 4.56. The molecule has 0 aliphatic carbocycles. The number of nitrogens with zero attached hydrogens (tertiary/aromatic N) is 1. The highest BCUT2D eigenvalue weighted by atomic mass is 79.9. The summed E-state index contributed by atoms with van der Waals surface area (Å²) in [6.45, 7) is 1.72. The molecule has 2 heterocycles. The third-order valence-corrected chi connectivity index (χ3v) is 4.72. The highest BCUT2D eigenvalue weighted by Gasteiger charge is 2.20. The second-order valence-corrected chi connectivity index (χ2v) is 6.33. The Hall–Kier alpha value is -1.79. The monoisotopic (exact) mass is 365 g/mol. The molecule has 3 nitrogen and oxygen atoms in total. The fraction of sp³-hybridized carbons (Fsp3) is 0.0667. The number of benzene rings is 1. The Morgan fingerprint density at radius 3 is 2.81 bits per heavy atom. The quantitative estimate of drug-likeness (QED) is 0.704. The van der Waals surface area contributed by atoms with Crippen LogP contribution in [0, 0.1) is 12.7 Å². The molecule has 0 bridgehead atoms. The van der Waals surface area contributed by atoms with E-state index in [1.807, 2.05) is 17.5 Å². The van der Waals surface area contributed by atoms with E-state index in [-0.39, 0.29) is 10.0 Å². The van der Waals surface area contributed by atoms with Gasteiger partial charge in [-0.15, -0.1) is 11.3 Å². The molecule has 0 saturated heterocycles. The smallest absolute Gasteiger partial charge is 0.336 e. The van der Waals surface area contributed by atoms with Gasteiger partial charge in [-0.2, -0.15) is 0 Å². The number of hydrogen-bond acceptors (Lipinski definition) is 3. The number of aromatic carboxylic acids is 1. The van der Waals surface area contributed by atoms with Crippen LogP contribution in [0.25, 0.3) is 21.5 Å². The van der Waals surface area contributed by atoms with Crippen LogP contribution >= 0.6 is 27.3 Å². The van der Waals surface area contributed by atoms with E-state index >= 15 is 0 Å². The van der Waals surface area contributed by atoms with Crippen LogP contribution in [-0.4, -0.2) is 16.1 Å². The highest BCUT2D eigenvalue weighted by Crippen LogP contribution is 2.33. The molecule has 21 heavy (non-hydrogen) atoms. The van der Waals surface area contributed by atoms with Crippen molar-refractivity contribution in [1.82, 2.24) is 4.98 Å². The minimum Gasteiger partial charge on any atom is -0.478 e. The van der Waals surface area contributed by atoms with Gasteiger partial charge in [-0.1, -0.05) is 6.07 Å². The van der Waals surface area contributed by atoms with Crippen LogP contribution in [0.15, 0.2) is 34.1 Å². The number of pyridine rings is 1. The van der Waals surface area contributed by atoms with Crippen LogP contribution in [0.1, 0.15) is 15.9 Å². The van der Waals surface area contributed by atoms with Gasteiger partial charge in [-0.25, -0.2) is 14.2 Å². The molecule has 0 atom stereocenters. The molecule has 1 aromatic carbocycles. The molecule has 0 amide bonds. The molecule has 0 aliphatic rings. The van der Waals surface area contributed by atoms with E-state index in [2.05, 4.69) is 20.9 Å². The van der Waals surface area contributed by atoms with Gasteiger partial charge in [0.05, 0.1) is 26.1 Å². The van der Waals surface area contributed by atoms with Crippen LogP contribution < -0.4 is 0 Å². The van der Waals surface area contributed by atoms with Crippen molar-refractivity contribution in [3.05, 3.63) is 51.1 Å². The van der Waals surface area contributed by atoms with Crippen LogP contribution in [0.3, 0.4) is 0 Å². The Morgan fingerprint density at radius 2 is 2.19 bits per heavy atom. The first-order valence-electron chi connectivity index (χ1n) is 6.05. The maximum Gasteiger partial charge on any atom is 0.336 e. The fourth-order valence-corrected chi connectivity index (χ4v) is 3.40. The molecule has 3 rings (SSSR count). The second-order valence-electron chi connectivity index (χ2n) is 4.53. The van der Waals surface area contributed by atoms with Gasteiger partial charge >= 0.3 is 5.97 Å². The van der Waals surface area contributed by atoms with Gasteiger partial charge in [0.15, 0.2) is 0 Å². The molecule has 106 valence electrons. The molecular weight excluding hydrogens is 357 g/mol. The van der Waals surface area contributed by atoms with E-state index in [0.717, 1.165) is 4.88 Å². The van der Waals surface area contributed by atoms with Crippen LogP contribution in [0.2, 0.25) is 0 Å². The van der Waals surface area contributed by atoms with Crippen molar-refractivity contribution in [2.75, 3.05) is 0 Å². The van der Waals surface area contributed by atoms with Crippen LogP contribution in [-0.2, 0) is 0 Å². The van der Waals surface area contributed by atoms with E-state index < -0.39 is 11.8 Å². The number of rotatable bonds is 2. The minimum atomic E-state index is -1.05. The van der Waals surface area contributed by atoms with Crippen molar-refractivity contribution in [3.8, 4) is 10.6 Å². The van der Waals surface area contributed by atoms with Crippen molar-refractivity contribution in [1.29, 1.82) is 0 Å². The number of carboxylic acids is 1. The summed E-state index contributed by atoms with van der Waals surface area (Å²) in [4.78, 5) is 16.9. The average molecular weight is 366 g/mol. The lowest BCUT2D eigenvalue weighted by Crippen LogP contribution is -2.05. The van der Waals surface area contributed by atoms with Gasteiger partial charge in [-0.05, 0) is 45.9 Å². The first-order chi connectivity index (χ1) is 9.99. The zero-order chi connectivity index (χ0) is 15.1. The molecule has 0 radical (unpaired) electrons. The summed E-state index contributed by atoms with van der Waals surface area (Å²) in [6.07, 6.45) is 0. The van der Waals surface area contributed by atoms with Crippen LogP contribution in [0.5, 0.6) is 0 Å². The number of fused-ring (bicyclic) bond motifs is 1. The lowest BCUT2D eigenvalue weighted by molar-refractivity contribution is 0.0698. The van der Waals surface area contributed by atoms with Gasteiger partial charge < -0.3 is 5.11 Å². The Bertz CT molecular complexity index is 862. The van der Waals surface area contributed by atoms with Gasteiger partial charge in [-0.3, -0.25) is 0 Å². The molecule has 0 spiro atoms. The number of halogens is 2. The van der Waals surface area contributed by atoms with Gasteiger partial charge in [0.1, 0.15) is 5.82 Å². The van der Waals surface area contributed by atoms with Gasteiger partial charge in [0, 0.05) is 11.5 Å². The Kier molecular flexibility index (Phi) is 3.51. The first-order valence-corrected chi connectivity index (χ1v) is 7.73. The summed E-state index contributed by atoms with van der Waals surface area (Å²) in [5, 5.41) is 11.8. The molecule has 3 aromatic rings. The molecular formula is C15H9BrFNO2S. The summed E-state index contributed by atoms with van der Waals surface area (Å²) in [5.74, 6) is -1.51. The largest absolute Gasteiger partial charge is 0.478 e. The summed E-state index contributed by atoms with van der Waals surface area (Å²) in [7, 11) is 0. The maximum atomic E-state index is 13.7. The molecule has 0 saturated carbocycles. The maximum absolute atomic E-state index is 13.7. The fourth-order valence-electron chi connectivity index (χ4n) is 2.28. The van der Waals surface area contributed by atoms with E-state index in [9.17, 15) is 14.3 Å². The van der Waals surface area contributed by atoms with E-state index in [1.165, 1.54) is 23.5 Å². The summed E-state index contributed by atoms with van der Waals surface area (Å²) < 4.78 is 13.9. The minimum absolute atomic E-state index is 0.157. The lowest BCUT2D eigenvalue weighted by atomic mass is 10.0. The van der Waals surface area contributed by atoms with Crippen LogP contribution in [0.4, 0.5) is 4.39 Å². The lowest BCUT2D eigenvalue weighted by Gasteiger charge is -2.11. The molecule has 2 aromatic heterocycles. The Labute approximate surface area is 132 Å². The average Bonchev–Trinajstić information content (AvgIpc) is 2.93. The normalized spacial score (nSPS) is 11.0. The van der Waals surface area contributed by atoms with Crippen molar-refractivity contribution < 1.29 is 14.3 Å². The zero-order valence-electron chi connectivity index (χ0n) is 10.9. The SMILES string of the molecule is Cc1c(-c2cccs2)nc2cc(F)c(Br)cc2c1C(=O)O. The standard InChI is InChI=1S/C15H9BrFNO2S/c1-7-13(15(19)20)8-5-9(16)10(17)6-11(8)18-14(7)12-3-2-4-21-12/h2-6H,1H3,(H,19,20). The van der Waals surface area contributed by atoms with E-state index in [0.29, 0.717) is 22.2 Å². The highest BCUT2D eigenvalue weighted by molar-refractivity contribution is 9.10. The zero-order valence-corrected chi connectivity index (χ0v) is 13.3. The number of carboxylic acid groups (broad SMARTS) is 1. The van der Waals surface area contributed by atoms with Crippen molar-refractivity contribution in [2.45, 2.75) is 6.92 Å². The van der Waals surface area contributed by atoms with Crippen molar-refractivity contribution in [3.63, 3.8) is 0 Å². The number of carbonyl (C=O) groups is 1. The molecule has 0 aliphatic heterocycles. The molecule has 6 heteroatoms. The predicted molar refractivity (Wildman–Crippen MR) is 84.4 cm³/mol. The van der Waals surface area contributed by atoms with Crippen molar-refractivity contribution in [2.24, 2.45) is 0 Å². The number of thiophene rings is 1. The third kappa shape index (κ3) is 2.34. The second kappa shape index (κ2) is 5.20. The van der Waals surface area contributed by atoms with E-state index in [1.54, 1.807) is 6.92 Å². The third-order valence-electron chi connectivity index (χ3n) is 3.24. The predicted octanol–water partition coefficient (Wildman–Crippen LogP) is 4.87. The van der Waals surface area contributed by atoms with Gasteiger partial charge in [0.25, 0.3) is 0 Å². The van der Waals surface area contributed by atoms with Crippen molar-refractivity contribution >= 4 is 44.1 Å². The number of hydrogen-bond donors (Lipinski definition) is 1. The number of aromatic nitrogens is 1. The molecule has 0 fully saturated rings. The summed E-state index contributed by atoms with van der Waals surface area (Å²) in [5.41, 5.74) is 1.65. The van der Waals surface area contributed by atoms with Gasteiger partial charge in [0.2, 0.25) is 0 Å². The molecule has 0 unspecified atom stereocenters. The Balaban J connectivity index is 2.45.